The second-order valence-corrected chi connectivity index (χ2v) is 4.76. The molecule has 0 aliphatic carbocycles. The molecule has 0 amide bonds. The summed E-state index contributed by atoms with van der Waals surface area (Å²) in [5, 5.41) is 17.3. The maximum atomic E-state index is 11.4. The van der Waals surface area contributed by atoms with Gasteiger partial charge >= 0.3 is 17.9 Å². The summed E-state index contributed by atoms with van der Waals surface area (Å²) in [7, 11) is 0. The lowest BCUT2D eigenvalue weighted by atomic mass is 9.99. The van der Waals surface area contributed by atoms with E-state index in [0.29, 0.717) is 0 Å². The molecule has 1 atom stereocenters. The second-order valence-electron chi connectivity index (χ2n) is 4.76. The van der Waals surface area contributed by atoms with E-state index >= 15 is 0 Å². The van der Waals surface area contributed by atoms with Crippen molar-refractivity contribution in [3.63, 3.8) is 0 Å². The predicted octanol–water partition coefficient (Wildman–Crippen LogP) is 1.28. The van der Waals surface area contributed by atoms with Crippen LogP contribution in [-0.2, 0) is 19.1 Å². The van der Waals surface area contributed by atoms with Crippen LogP contribution in [0.15, 0.2) is 0 Å². The van der Waals surface area contributed by atoms with Crippen LogP contribution in [0.3, 0.4) is 0 Å². The molecule has 0 rings (SSSR count). The molecule has 0 bridgehead atoms. The molecule has 6 heteroatoms. The summed E-state index contributed by atoms with van der Waals surface area (Å²) in [4.78, 5) is 32.5. The molecule has 0 spiro atoms. The quantitative estimate of drug-likeness (QED) is 0.685. The van der Waals surface area contributed by atoms with Crippen LogP contribution >= 0.6 is 0 Å². The third-order valence-electron chi connectivity index (χ3n) is 1.89. The van der Waals surface area contributed by atoms with Crippen LogP contribution in [0.1, 0.15) is 40.0 Å². The van der Waals surface area contributed by atoms with Crippen LogP contribution < -0.4 is 0 Å². The third kappa shape index (κ3) is 8.24. The Kier molecular flexibility index (Phi) is 5.64. The van der Waals surface area contributed by atoms with Gasteiger partial charge in [0.1, 0.15) is 5.60 Å². The van der Waals surface area contributed by atoms with E-state index in [1.54, 1.807) is 20.8 Å². The zero-order valence-electron chi connectivity index (χ0n) is 10.2. The Bertz CT molecular complexity index is 302. The molecule has 0 aromatic rings. The van der Waals surface area contributed by atoms with Gasteiger partial charge in [-0.3, -0.25) is 14.4 Å². The number of hydrogen-bond donors (Lipinski definition) is 2. The number of carbonyl (C=O) groups excluding carboxylic acids is 1. The number of esters is 1. The highest BCUT2D eigenvalue weighted by Crippen LogP contribution is 2.16. The minimum absolute atomic E-state index is 0.0795. The first-order valence-electron chi connectivity index (χ1n) is 5.28. The summed E-state index contributed by atoms with van der Waals surface area (Å²) < 4.78 is 4.98. The smallest absolute Gasteiger partial charge is 0.307 e. The van der Waals surface area contributed by atoms with E-state index in [0.717, 1.165) is 0 Å². The number of carboxylic acid groups (broad SMARTS) is 2. The number of rotatable bonds is 6. The van der Waals surface area contributed by atoms with E-state index in [1.165, 1.54) is 0 Å². The average molecular weight is 246 g/mol. The number of carboxylic acids is 2. The largest absolute Gasteiger partial charge is 0.481 e. The zero-order valence-corrected chi connectivity index (χ0v) is 10.2. The first-order chi connectivity index (χ1) is 7.61. The highest BCUT2D eigenvalue weighted by atomic mass is 16.6. The minimum atomic E-state index is -1.18. The molecular formula is C11H18O6. The number of hydrogen-bond acceptors (Lipinski definition) is 4. The standard InChI is InChI=1S/C11H18O6/c1-11(2,3)17-9(14)6-7(10(15)16)4-5-8(12)13/h7H,4-6H2,1-3H3,(H,12,13)(H,15,16). The molecule has 0 saturated carbocycles. The molecular weight excluding hydrogens is 228 g/mol. The summed E-state index contributed by atoms with van der Waals surface area (Å²) in [6.45, 7) is 5.04. The molecule has 2 N–H and O–H groups in total. The molecule has 0 fully saturated rings. The Hall–Kier alpha value is -1.59. The van der Waals surface area contributed by atoms with Gasteiger partial charge in [0.25, 0.3) is 0 Å². The summed E-state index contributed by atoms with van der Waals surface area (Å²) in [6, 6.07) is 0. The van der Waals surface area contributed by atoms with Crippen molar-refractivity contribution < 1.29 is 29.3 Å². The van der Waals surface area contributed by atoms with Gasteiger partial charge in [0.2, 0.25) is 0 Å². The Morgan fingerprint density at radius 2 is 1.71 bits per heavy atom. The molecule has 0 radical (unpaired) electrons. The van der Waals surface area contributed by atoms with Crippen LogP contribution in [0.5, 0.6) is 0 Å². The SMILES string of the molecule is CC(C)(C)OC(=O)CC(CCC(=O)O)C(=O)O. The predicted molar refractivity (Wildman–Crippen MR) is 58.5 cm³/mol. The zero-order chi connectivity index (χ0) is 13.6. The van der Waals surface area contributed by atoms with Crippen molar-refractivity contribution in [3.8, 4) is 0 Å². The van der Waals surface area contributed by atoms with Gasteiger partial charge in [-0.1, -0.05) is 0 Å². The number of ether oxygens (including phenoxy) is 1. The Morgan fingerprint density at radius 1 is 1.18 bits per heavy atom. The molecule has 0 aromatic heterocycles. The van der Waals surface area contributed by atoms with E-state index in [2.05, 4.69) is 0 Å². The first-order valence-corrected chi connectivity index (χ1v) is 5.28. The maximum absolute atomic E-state index is 11.4. The maximum Gasteiger partial charge on any atom is 0.307 e. The Balaban J connectivity index is 4.30. The van der Waals surface area contributed by atoms with Crippen LogP contribution in [0, 0.1) is 5.92 Å². The molecule has 0 aromatic carbocycles. The van der Waals surface area contributed by atoms with Gasteiger partial charge in [-0.15, -0.1) is 0 Å². The van der Waals surface area contributed by atoms with Gasteiger partial charge in [-0.05, 0) is 27.2 Å². The molecule has 0 saturated heterocycles. The van der Waals surface area contributed by atoms with Gasteiger partial charge in [-0.25, -0.2) is 0 Å². The van der Waals surface area contributed by atoms with Crippen molar-refractivity contribution >= 4 is 17.9 Å². The average Bonchev–Trinajstić information content (AvgIpc) is 2.08. The van der Waals surface area contributed by atoms with E-state index in [-0.39, 0.29) is 19.3 Å². The summed E-state index contributed by atoms with van der Waals surface area (Å²) in [5.74, 6) is -3.91. The monoisotopic (exact) mass is 246 g/mol. The Labute approximate surface area is 99.6 Å². The molecule has 98 valence electrons. The molecule has 6 nitrogen and oxygen atoms in total. The first kappa shape index (κ1) is 15.4. The van der Waals surface area contributed by atoms with Crippen LogP contribution in [0.25, 0.3) is 0 Å². The second kappa shape index (κ2) is 6.22. The van der Waals surface area contributed by atoms with Crippen molar-refractivity contribution in [3.05, 3.63) is 0 Å². The molecule has 0 aliphatic heterocycles. The van der Waals surface area contributed by atoms with Crippen LogP contribution in [0.2, 0.25) is 0 Å². The van der Waals surface area contributed by atoms with E-state index < -0.39 is 29.4 Å². The van der Waals surface area contributed by atoms with Crippen molar-refractivity contribution in [1.29, 1.82) is 0 Å². The Morgan fingerprint density at radius 3 is 2.06 bits per heavy atom. The molecule has 0 aliphatic rings. The van der Waals surface area contributed by atoms with E-state index in [4.69, 9.17) is 14.9 Å². The van der Waals surface area contributed by atoms with Gasteiger partial charge in [-0.2, -0.15) is 0 Å². The van der Waals surface area contributed by atoms with Crippen molar-refractivity contribution in [1.82, 2.24) is 0 Å². The lowest BCUT2D eigenvalue weighted by Gasteiger charge is -2.20. The van der Waals surface area contributed by atoms with Gasteiger partial charge in [0.05, 0.1) is 12.3 Å². The third-order valence-corrected chi connectivity index (χ3v) is 1.89. The van der Waals surface area contributed by atoms with Gasteiger partial charge in [0.15, 0.2) is 0 Å². The summed E-state index contributed by atoms with van der Waals surface area (Å²) in [5.41, 5.74) is -0.674. The van der Waals surface area contributed by atoms with Crippen molar-refractivity contribution in [2.45, 2.75) is 45.6 Å². The molecule has 0 heterocycles. The highest BCUT2D eigenvalue weighted by molar-refractivity contribution is 5.79. The topological polar surface area (TPSA) is 101 Å². The lowest BCUT2D eigenvalue weighted by molar-refractivity contribution is -0.160. The lowest BCUT2D eigenvalue weighted by Crippen LogP contribution is -2.27. The normalized spacial score (nSPS) is 12.9. The van der Waals surface area contributed by atoms with Gasteiger partial charge in [0, 0.05) is 6.42 Å². The fourth-order valence-corrected chi connectivity index (χ4v) is 1.19. The highest BCUT2D eigenvalue weighted by Gasteiger charge is 2.25. The van der Waals surface area contributed by atoms with Crippen molar-refractivity contribution in [2.75, 3.05) is 0 Å². The molecule has 1 unspecified atom stereocenters. The van der Waals surface area contributed by atoms with Crippen molar-refractivity contribution in [2.24, 2.45) is 5.92 Å². The summed E-state index contributed by atoms with van der Waals surface area (Å²) >= 11 is 0. The van der Waals surface area contributed by atoms with E-state index in [1.807, 2.05) is 0 Å². The minimum Gasteiger partial charge on any atom is -0.481 e. The fraction of sp³-hybridized carbons (Fsp3) is 0.727. The van der Waals surface area contributed by atoms with Crippen LogP contribution in [-0.4, -0.2) is 33.7 Å². The fourth-order valence-electron chi connectivity index (χ4n) is 1.19. The van der Waals surface area contributed by atoms with E-state index in [9.17, 15) is 14.4 Å². The number of aliphatic carboxylic acids is 2. The number of carbonyl (C=O) groups is 3. The van der Waals surface area contributed by atoms with Gasteiger partial charge < -0.3 is 14.9 Å². The van der Waals surface area contributed by atoms with Crippen LogP contribution in [0.4, 0.5) is 0 Å². The molecule has 17 heavy (non-hydrogen) atoms. The summed E-state index contributed by atoms with van der Waals surface area (Å²) in [6.07, 6.45) is -0.663.